The molecule has 8 rings (SSSR count). The van der Waals surface area contributed by atoms with Gasteiger partial charge in [0.1, 0.15) is 16.7 Å². The zero-order valence-electron chi connectivity index (χ0n) is 21.2. The fourth-order valence-corrected chi connectivity index (χ4v) is 4.97. The SMILES string of the molecule is c1ccc(-c2nc(-c3ccc(-c4nc5ccccc5o4)cc3)nc(-c3ccc4oc5ccccc5c4c3)n2)cc1. The van der Waals surface area contributed by atoms with Crippen LogP contribution >= 0.6 is 0 Å². The van der Waals surface area contributed by atoms with E-state index in [9.17, 15) is 0 Å². The minimum atomic E-state index is 0.578. The summed E-state index contributed by atoms with van der Waals surface area (Å²) < 4.78 is 12.0. The number of nitrogens with zero attached hydrogens (tertiary/aromatic N) is 4. The zero-order chi connectivity index (χ0) is 26.5. The van der Waals surface area contributed by atoms with E-state index in [1.54, 1.807) is 0 Å². The summed E-state index contributed by atoms with van der Waals surface area (Å²) in [6.07, 6.45) is 0. The van der Waals surface area contributed by atoms with Crippen molar-refractivity contribution < 1.29 is 8.83 Å². The van der Waals surface area contributed by atoms with Gasteiger partial charge in [0.05, 0.1) is 0 Å². The van der Waals surface area contributed by atoms with E-state index in [2.05, 4.69) is 17.1 Å². The normalized spacial score (nSPS) is 11.5. The fourth-order valence-electron chi connectivity index (χ4n) is 4.97. The Labute approximate surface area is 228 Å². The van der Waals surface area contributed by atoms with Crippen molar-refractivity contribution in [3.63, 3.8) is 0 Å². The summed E-state index contributed by atoms with van der Waals surface area (Å²) in [5.74, 6) is 2.37. The van der Waals surface area contributed by atoms with Gasteiger partial charge in [-0.2, -0.15) is 0 Å². The molecule has 0 N–H and O–H groups in total. The van der Waals surface area contributed by atoms with Gasteiger partial charge in [0.15, 0.2) is 23.1 Å². The van der Waals surface area contributed by atoms with E-state index in [1.807, 2.05) is 109 Å². The largest absolute Gasteiger partial charge is 0.456 e. The van der Waals surface area contributed by atoms with Gasteiger partial charge in [-0.25, -0.2) is 19.9 Å². The number of aromatic nitrogens is 4. The van der Waals surface area contributed by atoms with E-state index in [0.717, 1.165) is 55.3 Å². The third kappa shape index (κ3) is 3.82. The van der Waals surface area contributed by atoms with Gasteiger partial charge in [0, 0.05) is 33.0 Å². The minimum Gasteiger partial charge on any atom is -0.456 e. The molecule has 0 spiro atoms. The molecule has 0 radical (unpaired) electrons. The molecule has 0 saturated heterocycles. The topological polar surface area (TPSA) is 77.8 Å². The summed E-state index contributed by atoms with van der Waals surface area (Å²) in [6.45, 7) is 0. The van der Waals surface area contributed by atoms with Crippen molar-refractivity contribution >= 4 is 33.0 Å². The lowest BCUT2D eigenvalue weighted by molar-refractivity contribution is 0.620. The molecule has 0 aliphatic carbocycles. The Kier molecular flexibility index (Phi) is 5.03. The first-order valence-corrected chi connectivity index (χ1v) is 13.0. The summed E-state index contributed by atoms with van der Waals surface area (Å²) >= 11 is 0. The van der Waals surface area contributed by atoms with Crippen LogP contribution in [0.5, 0.6) is 0 Å². The Bertz CT molecular complexity index is 2130. The number of para-hydroxylation sites is 3. The molecule has 5 aromatic carbocycles. The molecule has 0 aliphatic heterocycles. The van der Waals surface area contributed by atoms with Gasteiger partial charge >= 0.3 is 0 Å². The first-order chi connectivity index (χ1) is 19.8. The highest BCUT2D eigenvalue weighted by Crippen LogP contribution is 2.33. The second kappa shape index (κ2) is 8.99. The van der Waals surface area contributed by atoms with Crippen molar-refractivity contribution in [1.82, 2.24) is 19.9 Å². The number of oxazole rings is 1. The number of hydrogen-bond donors (Lipinski definition) is 0. The molecule has 0 aliphatic rings. The molecule has 0 saturated carbocycles. The van der Waals surface area contributed by atoms with Gasteiger partial charge in [-0.05, 0) is 48.5 Å². The predicted octanol–water partition coefficient (Wildman–Crippen LogP) is 8.58. The number of fused-ring (bicyclic) bond motifs is 4. The zero-order valence-corrected chi connectivity index (χ0v) is 21.2. The van der Waals surface area contributed by atoms with Gasteiger partial charge < -0.3 is 8.83 Å². The first kappa shape index (κ1) is 22.4. The average molecular weight is 517 g/mol. The van der Waals surface area contributed by atoms with E-state index in [1.165, 1.54) is 0 Å². The molecule has 0 fully saturated rings. The van der Waals surface area contributed by atoms with Crippen molar-refractivity contribution in [1.29, 1.82) is 0 Å². The highest BCUT2D eigenvalue weighted by molar-refractivity contribution is 6.06. The highest BCUT2D eigenvalue weighted by atomic mass is 16.3. The van der Waals surface area contributed by atoms with Crippen LogP contribution in [0, 0.1) is 0 Å². The predicted molar refractivity (Wildman–Crippen MR) is 156 cm³/mol. The van der Waals surface area contributed by atoms with Crippen LogP contribution in [0.4, 0.5) is 0 Å². The van der Waals surface area contributed by atoms with Gasteiger partial charge in [0.2, 0.25) is 5.89 Å². The first-order valence-electron chi connectivity index (χ1n) is 13.0. The third-order valence-corrected chi connectivity index (χ3v) is 6.99. The summed E-state index contributed by atoms with van der Waals surface area (Å²) in [6, 6.07) is 39.8. The molecular formula is C34H20N4O2. The van der Waals surface area contributed by atoms with E-state index < -0.39 is 0 Å². The molecule has 40 heavy (non-hydrogen) atoms. The smallest absolute Gasteiger partial charge is 0.227 e. The maximum absolute atomic E-state index is 6.03. The van der Waals surface area contributed by atoms with Crippen LogP contribution in [0.3, 0.4) is 0 Å². The van der Waals surface area contributed by atoms with Gasteiger partial charge in [-0.15, -0.1) is 0 Å². The van der Waals surface area contributed by atoms with Crippen LogP contribution in [-0.2, 0) is 0 Å². The molecule has 0 unspecified atom stereocenters. The molecule has 188 valence electrons. The molecule has 3 heterocycles. The van der Waals surface area contributed by atoms with Gasteiger partial charge in [0.25, 0.3) is 0 Å². The summed E-state index contributed by atoms with van der Waals surface area (Å²) in [5.41, 5.74) is 6.85. The van der Waals surface area contributed by atoms with Crippen LogP contribution < -0.4 is 0 Å². The summed E-state index contributed by atoms with van der Waals surface area (Å²) in [4.78, 5) is 19.3. The number of hydrogen-bond acceptors (Lipinski definition) is 6. The Morgan fingerprint density at radius 3 is 1.73 bits per heavy atom. The highest BCUT2D eigenvalue weighted by Gasteiger charge is 2.15. The molecule has 0 amide bonds. The quantitative estimate of drug-likeness (QED) is 0.233. The van der Waals surface area contributed by atoms with Crippen LogP contribution in [-0.4, -0.2) is 19.9 Å². The van der Waals surface area contributed by atoms with Crippen molar-refractivity contribution in [3.8, 4) is 45.6 Å². The second-order valence-electron chi connectivity index (χ2n) is 9.55. The average Bonchev–Trinajstić information content (AvgIpc) is 3.63. The molecule has 3 aromatic heterocycles. The van der Waals surface area contributed by atoms with Crippen LogP contribution in [0.1, 0.15) is 0 Å². The van der Waals surface area contributed by atoms with Crippen molar-refractivity contribution in [2.45, 2.75) is 0 Å². The van der Waals surface area contributed by atoms with E-state index in [-0.39, 0.29) is 0 Å². The van der Waals surface area contributed by atoms with Crippen molar-refractivity contribution in [2.24, 2.45) is 0 Å². The summed E-state index contributed by atoms with van der Waals surface area (Å²) in [7, 11) is 0. The van der Waals surface area contributed by atoms with Crippen LogP contribution in [0.25, 0.3) is 78.7 Å². The maximum atomic E-state index is 6.03. The Morgan fingerprint density at radius 2 is 0.950 bits per heavy atom. The number of benzene rings is 5. The number of furan rings is 1. The van der Waals surface area contributed by atoms with E-state index >= 15 is 0 Å². The minimum absolute atomic E-state index is 0.578. The molecule has 8 aromatic rings. The van der Waals surface area contributed by atoms with Gasteiger partial charge in [-0.3, -0.25) is 0 Å². The summed E-state index contributed by atoms with van der Waals surface area (Å²) in [5, 5.41) is 2.09. The second-order valence-corrected chi connectivity index (χ2v) is 9.55. The molecule has 6 heteroatoms. The third-order valence-electron chi connectivity index (χ3n) is 6.99. The van der Waals surface area contributed by atoms with E-state index in [0.29, 0.717) is 23.4 Å². The maximum Gasteiger partial charge on any atom is 0.227 e. The Hall–Kier alpha value is -5.62. The lowest BCUT2D eigenvalue weighted by atomic mass is 10.1. The van der Waals surface area contributed by atoms with Crippen LogP contribution in [0.15, 0.2) is 130 Å². The Balaban J connectivity index is 1.25. The van der Waals surface area contributed by atoms with Gasteiger partial charge in [-0.1, -0.05) is 72.8 Å². The molecule has 0 atom stereocenters. The fraction of sp³-hybridized carbons (Fsp3) is 0. The van der Waals surface area contributed by atoms with Crippen molar-refractivity contribution in [3.05, 3.63) is 121 Å². The monoisotopic (exact) mass is 516 g/mol. The van der Waals surface area contributed by atoms with E-state index in [4.69, 9.17) is 23.8 Å². The van der Waals surface area contributed by atoms with Crippen LogP contribution in [0.2, 0.25) is 0 Å². The Morgan fingerprint density at radius 1 is 0.375 bits per heavy atom. The molecular weight excluding hydrogens is 496 g/mol. The lowest BCUT2D eigenvalue weighted by Crippen LogP contribution is -2.00. The lowest BCUT2D eigenvalue weighted by Gasteiger charge is -2.09. The molecule has 6 nitrogen and oxygen atoms in total. The van der Waals surface area contributed by atoms with Crippen molar-refractivity contribution in [2.75, 3.05) is 0 Å². The standard InChI is InChI=1S/C34H20N4O2/c1-2-8-21(9-3-1)31-36-32(22-14-16-23(17-15-22)34-35-27-11-5-7-13-30(27)40-34)38-33(37-31)24-18-19-29-26(20-24)25-10-4-6-12-28(25)39-29/h1-20H. The molecule has 0 bridgehead atoms. The number of rotatable bonds is 4.